The zero-order valence-electron chi connectivity index (χ0n) is 17.6. The molecule has 0 aliphatic rings. The molecule has 3 N–H and O–H groups in total. The van der Waals surface area contributed by atoms with Crippen LogP contribution >= 0.6 is 11.6 Å². The Bertz CT molecular complexity index is 1320. The van der Waals surface area contributed by atoms with Gasteiger partial charge in [-0.05, 0) is 50.6 Å². The number of benzene rings is 2. The van der Waals surface area contributed by atoms with Gasteiger partial charge < -0.3 is 10.6 Å². The number of hydrogen-bond acceptors (Lipinski definition) is 6. The van der Waals surface area contributed by atoms with Gasteiger partial charge in [-0.3, -0.25) is 14.6 Å². The molecule has 0 bridgehead atoms. The molecule has 10 heteroatoms. The fourth-order valence-corrected chi connectivity index (χ4v) is 3.49. The molecule has 2 aromatic heterocycles. The largest absolute Gasteiger partial charge is 0.356 e. The number of anilines is 1. The number of aryl methyl sites for hydroxylation is 1. The van der Waals surface area contributed by atoms with Crippen molar-refractivity contribution in [1.29, 1.82) is 0 Å². The second-order valence-corrected chi connectivity index (χ2v) is 7.94. The van der Waals surface area contributed by atoms with Crippen molar-refractivity contribution in [3.8, 4) is 5.69 Å². The molecule has 0 fully saturated rings. The molecular formula is C22H22ClN7O2. The highest BCUT2D eigenvalue weighted by atomic mass is 35.5. The number of rotatable bonds is 7. The predicted octanol–water partition coefficient (Wildman–Crippen LogP) is 3.09. The number of H-pyrrole nitrogens is 1. The number of aromatic nitrogens is 5. The van der Waals surface area contributed by atoms with Crippen molar-refractivity contribution in [1.82, 2.24) is 30.3 Å². The minimum absolute atomic E-state index is 0.125. The van der Waals surface area contributed by atoms with Gasteiger partial charge in [0.1, 0.15) is 0 Å². The topological polar surface area (TPSA) is 118 Å². The first-order chi connectivity index (χ1) is 15.4. The molecule has 0 aliphatic heterocycles. The van der Waals surface area contributed by atoms with Gasteiger partial charge in [-0.1, -0.05) is 23.2 Å². The fourth-order valence-electron chi connectivity index (χ4n) is 3.32. The Morgan fingerprint density at radius 2 is 1.97 bits per heavy atom. The van der Waals surface area contributed by atoms with Crippen molar-refractivity contribution < 1.29 is 4.79 Å². The van der Waals surface area contributed by atoms with E-state index in [0.717, 1.165) is 5.56 Å². The van der Waals surface area contributed by atoms with Gasteiger partial charge in [-0.15, -0.1) is 0 Å². The molecule has 0 spiro atoms. The van der Waals surface area contributed by atoms with E-state index in [2.05, 4.69) is 30.8 Å². The van der Waals surface area contributed by atoms with Crippen molar-refractivity contribution in [2.24, 2.45) is 0 Å². The van der Waals surface area contributed by atoms with Crippen molar-refractivity contribution >= 4 is 34.4 Å². The van der Waals surface area contributed by atoms with Gasteiger partial charge >= 0.3 is 0 Å². The van der Waals surface area contributed by atoms with E-state index in [1.165, 1.54) is 4.80 Å². The maximum absolute atomic E-state index is 12.9. The lowest BCUT2D eigenvalue weighted by Gasteiger charge is -2.16. The van der Waals surface area contributed by atoms with Crippen LogP contribution in [0.5, 0.6) is 0 Å². The van der Waals surface area contributed by atoms with E-state index in [-0.39, 0.29) is 17.5 Å². The summed E-state index contributed by atoms with van der Waals surface area (Å²) in [7, 11) is 0. The lowest BCUT2D eigenvalue weighted by molar-refractivity contribution is 0.0938. The maximum Gasteiger partial charge on any atom is 0.260 e. The second-order valence-electron chi connectivity index (χ2n) is 7.51. The first kappa shape index (κ1) is 21.5. The van der Waals surface area contributed by atoms with Crippen LogP contribution in [0.25, 0.3) is 16.6 Å². The van der Waals surface area contributed by atoms with Gasteiger partial charge in [-0.2, -0.15) is 15.0 Å². The Morgan fingerprint density at radius 3 is 2.75 bits per heavy atom. The lowest BCUT2D eigenvalue weighted by Crippen LogP contribution is -2.34. The second kappa shape index (κ2) is 9.19. The molecule has 4 aromatic rings. The van der Waals surface area contributed by atoms with Crippen LogP contribution in [0.15, 0.2) is 53.6 Å². The Balaban J connectivity index is 1.39. The molecule has 1 atom stereocenters. The quantitative estimate of drug-likeness (QED) is 0.397. The standard InChI is InChI=1S/C22H22ClN7O2/c1-13-3-6-19(30-25-9-10-26-30)17(11-13)21(32)27-14(2)7-8-24-22-28-18-5-4-15(23)12-16(18)20(31)29-22/h3-6,9-12,14H,7-8H2,1-2H3,(H,27,32)(H2,24,28,29,31). The van der Waals surface area contributed by atoms with E-state index in [0.29, 0.717) is 46.1 Å². The summed E-state index contributed by atoms with van der Waals surface area (Å²) in [6.45, 7) is 4.35. The molecule has 0 saturated carbocycles. The van der Waals surface area contributed by atoms with Gasteiger partial charge in [0.15, 0.2) is 0 Å². The Hall–Kier alpha value is -3.72. The number of aromatic amines is 1. The van der Waals surface area contributed by atoms with Gasteiger partial charge in [0.25, 0.3) is 11.5 Å². The Kier molecular flexibility index (Phi) is 6.18. The van der Waals surface area contributed by atoms with E-state index >= 15 is 0 Å². The Morgan fingerprint density at radius 1 is 1.19 bits per heavy atom. The summed E-state index contributed by atoms with van der Waals surface area (Å²) in [4.78, 5) is 33.7. The molecule has 1 amide bonds. The van der Waals surface area contributed by atoms with Crippen LogP contribution in [0.2, 0.25) is 5.02 Å². The number of carbonyl (C=O) groups excluding carboxylic acids is 1. The zero-order chi connectivity index (χ0) is 22.7. The smallest absolute Gasteiger partial charge is 0.260 e. The van der Waals surface area contributed by atoms with Gasteiger partial charge in [0.2, 0.25) is 5.95 Å². The van der Waals surface area contributed by atoms with Crippen LogP contribution in [0, 0.1) is 6.92 Å². The summed E-state index contributed by atoms with van der Waals surface area (Å²) in [5.41, 5.74) is 2.37. The van der Waals surface area contributed by atoms with Crippen LogP contribution in [0.3, 0.4) is 0 Å². The molecule has 4 rings (SSSR count). The number of nitrogens with one attached hydrogen (secondary N) is 3. The summed E-state index contributed by atoms with van der Waals surface area (Å²) in [6, 6.07) is 10.4. The van der Waals surface area contributed by atoms with Gasteiger partial charge in [0, 0.05) is 17.6 Å². The minimum Gasteiger partial charge on any atom is -0.356 e. The van der Waals surface area contributed by atoms with Gasteiger partial charge in [-0.25, -0.2) is 4.98 Å². The van der Waals surface area contributed by atoms with Crippen LogP contribution in [-0.2, 0) is 0 Å². The third-order valence-electron chi connectivity index (χ3n) is 4.95. The van der Waals surface area contributed by atoms with E-state index in [9.17, 15) is 9.59 Å². The van der Waals surface area contributed by atoms with E-state index in [1.54, 1.807) is 30.6 Å². The molecule has 1 unspecified atom stereocenters. The third-order valence-corrected chi connectivity index (χ3v) is 5.18. The summed E-state index contributed by atoms with van der Waals surface area (Å²) >= 11 is 5.94. The molecule has 32 heavy (non-hydrogen) atoms. The van der Waals surface area contributed by atoms with Crippen molar-refractivity contribution in [3.63, 3.8) is 0 Å². The molecule has 0 saturated heterocycles. The number of amides is 1. The lowest BCUT2D eigenvalue weighted by atomic mass is 10.1. The molecule has 9 nitrogen and oxygen atoms in total. The number of fused-ring (bicyclic) bond motifs is 1. The maximum atomic E-state index is 12.9. The summed E-state index contributed by atoms with van der Waals surface area (Å²) in [6.07, 6.45) is 3.75. The van der Waals surface area contributed by atoms with Crippen molar-refractivity contribution in [2.45, 2.75) is 26.3 Å². The summed E-state index contributed by atoms with van der Waals surface area (Å²) in [5, 5.41) is 15.3. The third kappa shape index (κ3) is 4.78. The van der Waals surface area contributed by atoms with Crippen molar-refractivity contribution in [2.75, 3.05) is 11.9 Å². The monoisotopic (exact) mass is 451 g/mol. The molecule has 2 heterocycles. The minimum atomic E-state index is -0.263. The van der Waals surface area contributed by atoms with Crippen molar-refractivity contribution in [3.05, 3.63) is 75.3 Å². The fraction of sp³-hybridized carbons (Fsp3) is 0.227. The van der Waals surface area contributed by atoms with Crippen LogP contribution in [0.1, 0.15) is 29.3 Å². The van der Waals surface area contributed by atoms with Gasteiger partial charge in [0.05, 0.1) is 34.5 Å². The molecule has 0 radical (unpaired) electrons. The van der Waals surface area contributed by atoms with Crippen LogP contribution in [-0.4, -0.2) is 43.5 Å². The summed E-state index contributed by atoms with van der Waals surface area (Å²) in [5.74, 6) is 0.164. The number of nitrogens with zero attached hydrogens (tertiary/aromatic N) is 4. The zero-order valence-corrected chi connectivity index (χ0v) is 18.3. The van der Waals surface area contributed by atoms with Crippen LogP contribution < -0.4 is 16.2 Å². The first-order valence-electron chi connectivity index (χ1n) is 10.1. The predicted molar refractivity (Wildman–Crippen MR) is 124 cm³/mol. The Labute approximate surface area is 188 Å². The molecular weight excluding hydrogens is 430 g/mol. The molecule has 0 aliphatic carbocycles. The van der Waals surface area contributed by atoms with Crippen LogP contribution in [0.4, 0.5) is 5.95 Å². The first-order valence-corrected chi connectivity index (χ1v) is 10.5. The van der Waals surface area contributed by atoms with E-state index in [1.807, 2.05) is 32.0 Å². The highest BCUT2D eigenvalue weighted by molar-refractivity contribution is 6.31. The number of carbonyl (C=O) groups is 1. The summed E-state index contributed by atoms with van der Waals surface area (Å²) < 4.78 is 0. The molecule has 164 valence electrons. The normalized spacial score (nSPS) is 12.0. The highest BCUT2D eigenvalue weighted by Gasteiger charge is 2.16. The molecule has 2 aromatic carbocycles. The van der Waals surface area contributed by atoms with E-state index < -0.39 is 0 Å². The average molecular weight is 452 g/mol. The number of halogens is 1. The average Bonchev–Trinajstić information content (AvgIpc) is 3.29. The van der Waals surface area contributed by atoms with E-state index in [4.69, 9.17) is 11.6 Å². The highest BCUT2D eigenvalue weighted by Crippen LogP contribution is 2.16. The SMILES string of the molecule is Cc1ccc(-n2nccn2)c(C(=O)NC(C)CCNc2nc3ccc(Cl)cc3c(=O)[nH]2)c1. The number of hydrogen-bond donors (Lipinski definition) is 3.